The average Bonchev–Trinajstić information content (AvgIpc) is 3.86. The Balaban J connectivity index is 1.19. The molecule has 0 N–H and O–H groups in total. The third-order valence-corrected chi connectivity index (χ3v) is 12.8. The summed E-state index contributed by atoms with van der Waals surface area (Å²) in [7, 11) is 0. The molecular formula is C50H38N4S. The smallest absolute Gasteiger partial charge is 0.182 e. The summed E-state index contributed by atoms with van der Waals surface area (Å²) in [6.07, 6.45) is 23.5. The van der Waals surface area contributed by atoms with Crippen molar-refractivity contribution < 1.29 is 0 Å². The minimum Gasteiger partial charge on any atom is -0.247 e. The van der Waals surface area contributed by atoms with Gasteiger partial charge in [0.1, 0.15) is 0 Å². The highest BCUT2D eigenvalue weighted by Crippen LogP contribution is 2.47. The summed E-state index contributed by atoms with van der Waals surface area (Å²) < 4.78 is 4.52. The zero-order chi connectivity index (χ0) is 36.5. The number of hydrogen-bond donors (Lipinski definition) is 0. The highest BCUT2D eigenvalue weighted by atomic mass is 32.1. The molecule has 0 unspecified atom stereocenters. The number of fused-ring (bicyclic) bond motifs is 7. The highest BCUT2D eigenvalue weighted by molar-refractivity contribution is 7.26. The fraction of sp³-hybridized carbons (Fsp3) is 0.140. The van der Waals surface area contributed by atoms with Crippen LogP contribution in [0.15, 0.2) is 134 Å². The molecule has 0 saturated heterocycles. The van der Waals surface area contributed by atoms with Crippen molar-refractivity contribution in [2.24, 2.45) is 5.92 Å². The molecule has 0 aliphatic heterocycles. The van der Waals surface area contributed by atoms with Crippen LogP contribution >= 0.6 is 11.3 Å². The van der Waals surface area contributed by atoms with Crippen LogP contribution in [0.2, 0.25) is 0 Å². The lowest BCUT2D eigenvalue weighted by Crippen LogP contribution is -2.13. The number of nitrogens with zero attached hydrogens (tertiary/aromatic N) is 4. The molecule has 0 spiro atoms. The Morgan fingerprint density at radius 2 is 1.44 bits per heavy atom. The molecule has 0 amide bonds. The third-order valence-electron chi connectivity index (χ3n) is 11.5. The first-order chi connectivity index (χ1) is 27.2. The molecule has 5 heteroatoms. The van der Waals surface area contributed by atoms with Gasteiger partial charge in [-0.1, -0.05) is 122 Å². The van der Waals surface area contributed by atoms with E-state index in [1.165, 1.54) is 53.6 Å². The Bertz CT molecular complexity index is 2960. The van der Waals surface area contributed by atoms with Crippen LogP contribution in [0.3, 0.4) is 0 Å². The maximum Gasteiger partial charge on any atom is 0.182 e. The Labute approximate surface area is 324 Å². The maximum atomic E-state index is 5.54. The lowest BCUT2D eigenvalue weighted by Gasteiger charge is -2.25. The van der Waals surface area contributed by atoms with Crippen LogP contribution < -0.4 is 0 Å². The topological polar surface area (TPSA) is 43.1 Å². The van der Waals surface area contributed by atoms with Crippen LogP contribution in [0.4, 0.5) is 0 Å². The summed E-state index contributed by atoms with van der Waals surface area (Å²) >= 11 is 1.88. The zero-order valence-electron chi connectivity index (χ0n) is 30.7. The minimum absolute atomic E-state index is 0.511. The van der Waals surface area contributed by atoms with E-state index in [2.05, 4.69) is 153 Å². The normalized spacial score (nSPS) is 16.2. The van der Waals surface area contributed by atoms with Crippen LogP contribution in [0.1, 0.15) is 54.1 Å². The van der Waals surface area contributed by atoms with Crippen LogP contribution in [-0.4, -0.2) is 19.6 Å². The molecule has 0 radical (unpaired) electrons. The van der Waals surface area contributed by atoms with Gasteiger partial charge < -0.3 is 0 Å². The molecule has 55 heavy (non-hydrogen) atoms. The predicted molar refractivity (Wildman–Crippen MR) is 231 cm³/mol. The van der Waals surface area contributed by atoms with Crippen molar-refractivity contribution in [2.75, 3.05) is 0 Å². The van der Waals surface area contributed by atoms with Crippen LogP contribution in [0.5, 0.6) is 0 Å². The van der Waals surface area contributed by atoms with Crippen molar-refractivity contribution in [2.45, 2.75) is 39.0 Å². The lowest BCUT2D eigenvalue weighted by molar-refractivity contribution is 0.702. The molecule has 0 saturated carbocycles. The summed E-state index contributed by atoms with van der Waals surface area (Å²) in [5.41, 5.74) is 16.3. The molecule has 11 rings (SSSR count). The van der Waals surface area contributed by atoms with Gasteiger partial charge in [0.2, 0.25) is 0 Å². The number of thiophene rings is 1. The van der Waals surface area contributed by atoms with Gasteiger partial charge in [0.15, 0.2) is 11.5 Å². The van der Waals surface area contributed by atoms with E-state index in [0.717, 1.165) is 77.0 Å². The number of allylic oxidation sites excluding steroid dienone is 6. The highest BCUT2D eigenvalue weighted by Gasteiger charge is 2.26. The van der Waals surface area contributed by atoms with Crippen molar-refractivity contribution in [3.63, 3.8) is 0 Å². The van der Waals surface area contributed by atoms with Crippen LogP contribution in [0.25, 0.3) is 88.4 Å². The molecule has 264 valence electrons. The van der Waals surface area contributed by atoms with Gasteiger partial charge >= 0.3 is 0 Å². The van der Waals surface area contributed by atoms with Gasteiger partial charge in [0, 0.05) is 54.2 Å². The van der Waals surface area contributed by atoms with Crippen molar-refractivity contribution >= 4 is 54.9 Å². The zero-order valence-corrected chi connectivity index (χ0v) is 31.5. The van der Waals surface area contributed by atoms with Crippen molar-refractivity contribution in [3.8, 4) is 44.9 Å². The Morgan fingerprint density at radius 3 is 2.25 bits per heavy atom. The minimum atomic E-state index is 0.511. The first-order valence-electron chi connectivity index (χ1n) is 19.4. The predicted octanol–water partition coefficient (Wildman–Crippen LogP) is 13.1. The number of aromatic nitrogens is 4. The number of rotatable bonds is 5. The van der Waals surface area contributed by atoms with E-state index < -0.39 is 0 Å². The van der Waals surface area contributed by atoms with Crippen LogP contribution in [-0.2, 0) is 12.8 Å². The third kappa shape index (κ3) is 5.45. The Kier molecular flexibility index (Phi) is 7.63. The second-order valence-electron chi connectivity index (χ2n) is 15.1. The molecule has 1 atom stereocenters. The van der Waals surface area contributed by atoms with Gasteiger partial charge in [-0.25, -0.2) is 14.5 Å². The van der Waals surface area contributed by atoms with Gasteiger partial charge in [0.25, 0.3) is 0 Å². The molecule has 3 aliphatic carbocycles. The molecule has 4 aromatic heterocycles. The van der Waals surface area contributed by atoms with Crippen molar-refractivity contribution in [3.05, 3.63) is 162 Å². The van der Waals surface area contributed by atoms with E-state index >= 15 is 0 Å². The summed E-state index contributed by atoms with van der Waals surface area (Å²) in [6, 6.07) is 35.0. The summed E-state index contributed by atoms with van der Waals surface area (Å²) in [6.45, 7) is 2.31. The largest absolute Gasteiger partial charge is 0.247 e. The quantitative estimate of drug-likeness (QED) is 0.177. The summed E-state index contributed by atoms with van der Waals surface area (Å²) in [5, 5.41) is 7.73. The van der Waals surface area contributed by atoms with Gasteiger partial charge in [-0.15, -0.1) is 16.4 Å². The monoisotopic (exact) mass is 726 g/mol. The van der Waals surface area contributed by atoms with Gasteiger partial charge in [-0.05, 0) is 95.7 Å². The van der Waals surface area contributed by atoms with Gasteiger partial charge in [0.05, 0.1) is 11.4 Å². The SMILES string of the molecule is C[C@H]1C=Cc2nc(-c3cc(-c4nc5c(-c6ccccc6)cc(C6=CCCC=C6)cn5n4)cc4c3sc3c(-c5ccccc5)cccc34)c3c(c2C1)CCC=C3. The Morgan fingerprint density at radius 1 is 0.655 bits per heavy atom. The van der Waals surface area contributed by atoms with E-state index in [0.29, 0.717) is 11.7 Å². The van der Waals surface area contributed by atoms with E-state index in [-0.39, 0.29) is 0 Å². The number of pyridine rings is 2. The lowest BCUT2D eigenvalue weighted by atomic mass is 9.83. The first-order valence-corrected chi connectivity index (χ1v) is 20.3. The van der Waals surface area contributed by atoms with Crippen LogP contribution in [0, 0.1) is 5.92 Å². The maximum absolute atomic E-state index is 5.54. The molecular weight excluding hydrogens is 689 g/mol. The average molecular weight is 727 g/mol. The molecule has 3 aliphatic rings. The molecule has 4 aromatic carbocycles. The molecule has 4 heterocycles. The summed E-state index contributed by atoms with van der Waals surface area (Å²) in [5.74, 6) is 1.22. The second-order valence-corrected chi connectivity index (χ2v) is 16.1. The van der Waals surface area contributed by atoms with E-state index in [1.54, 1.807) is 0 Å². The van der Waals surface area contributed by atoms with E-state index in [4.69, 9.17) is 15.1 Å². The first kappa shape index (κ1) is 32.3. The van der Waals surface area contributed by atoms with E-state index in [1.807, 2.05) is 15.9 Å². The fourth-order valence-electron chi connectivity index (χ4n) is 8.79. The molecule has 0 bridgehead atoms. The molecule has 8 aromatic rings. The molecule has 0 fully saturated rings. The summed E-state index contributed by atoms with van der Waals surface area (Å²) in [4.78, 5) is 10.9. The number of benzene rings is 4. The van der Waals surface area contributed by atoms with E-state index in [9.17, 15) is 0 Å². The standard InChI is InChI=1S/C50H38N4S/c1-31-24-25-45-42(26-31)38-20-11-12-21-39(38)46(51-45)44-28-35(27-43-40-23-13-22-37(47(40)55-48(43)44)33-16-7-3-8-17-33)49-52-50-41(34-18-9-4-10-19-34)29-36(30-54(50)53-49)32-14-5-2-6-15-32/h3-5,7-10,12-19,21-25,27-31H,2,6,11,20,26H2,1H3/t31-/m0/s1. The van der Waals surface area contributed by atoms with Gasteiger partial charge in [-0.2, -0.15) is 0 Å². The second kappa shape index (κ2) is 13.0. The molecule has 4 nitrogen and oxygen atoms in total. The number of hydrogen-bond acceptors (Lipinski definition) is 4. The fourth-order valence-corrected chi connectivity index (χ4v) is 10.1. The van der Waals surface area contributed by atoms with Crippen molar-refractivity contribution in [1.29, 1.82) is 0 Å². The van der Waals surface area contributed by atoms with Gasteiger partial charge in [-0.3, -0.25) is 0 Å². The Hall–Kier alpha value is -6.17. The van der Waals surface area contributed by atoms with Crippen molar-refractivity contribution in [1.82, 2.24) is 19.6 Å².